The monoisotopic (exact) mass is 343 g/mol. The van der Waals surface area contributed by atoms with E-state index in [2.05, 4.69) is 20.8 Å². The highest BCUT2D eigenvalue weighted by atomic mass is 16.3. The van der Waals surface area contributed by atoms with Gasteiger partial charge in [-0.15, -0.1) is 10.2 Å². The van der Waals surface area contributed by atoms with Crippen molar-refractivity contribution in [2.45, 2.75) is 38.7 Å². The number of nitrogens with one attached hydrogen (secondary N) is 2. The molecular weight excluding hydrogens is 318 g/mol. The standard InChI is InChI=1S/C18H25N5O2/c1-11-6-4-5-7-15(11)20-18-22-21-17(23(18)3)13-8-14(16(25)9-13)10-19-12(2)24/h4-7,13-14,16,25H,8-10H2,1-3H3,(H,19,24)(H,20,22)/t13-,14+,16+/m0/s1. The summed E-state index contributed by atoms with van der Waals surface area (Å²) in [6.45, 7) is 4.03. The molecule has 3 rings (SSSR count). The second kappa shape index (κ2) is 7.23. The lowest BCUT2D eigenvalue weighted by molar-refractivity contribution is -0.119. The molecule has 134 valence electrons. The number of amides is 1. The molecule has 1 aromatic heterocycles. The van der Waals surface area contributed by atoms with E-state index in [1.54, 1.807) is 0 Å². The number of aryl methyl sites for hydroxylation is 1. The number of nitrogens with zero attached hydrogens (tertiary/aromatic N) is 3. The number of rotatable bonds is 5. The van der Waals surface area contributed by atoms with E-state index < -0.39 is 6.10 Å². The Labute approximate surface area is 147 Å². The van der Waals surface area contributed by atoms with Crippen molar-refractivity contribution in [3.63, 3.8) is 0 Å². The summed E-state index contributed by atoms with van der Waals surface area (Å²) in [6.07, 6.45) is 1.000. The van der Waals surface area contributed by atoms with Gasteiger partial charge in [0.2, 0.25) is 11.9 Å². The van der Waals surface area contributed by atoms with Crippen LogP contribution in [0, 0.1) is 12.8 Å². The maximum Gasteiger partial charge on any atom is 0.228 e. The summed E-state index contributed by atoms with van der Waals surface area (Å²) < 4.78 is 1.95. The van der Waals surface area contributed by atoms with Gasteiger partial charge in [0.05, 0.1) is 6.10 Å². The number of carbonyl (C=O) groups excluding carboxylic acids is 1. The van der Waals surface area contributed by atoms with Gasteiger partial charge in [-0.25, -0.2) is 0 Å². The van der Waals surface area contributed by atoms with E-state index >= 15 is 0 Å². The predicted octanol–water partition coefficient (Wildman–Crippen LogP) is 1.86. The van der Waals surface area contributed by atoms with Gasteiger partial charge in [0.25, 0.3) is 0 Å². The summed E-state index contributed by atoms with van der Waals surface area (Å²) in [5.74, 6) is 1.67. The Morgan fingerprint density at radius 1 is 1.32 bits per heavy atom. The highest BCUT2D eigenvalue weighted by Crippen LogP contribution is 2.38. The van der Waals surface area contributed by atoms with Crippen LogP contribution in [0.15, 0.2) is 24.3 Å². The van der Waals surface area contributed by atoms with Gasteiger partial charge < -0.3 is 20.3 Å². The number of hydrogen-bond acceptors (Lipinski definition) is 5. The van der Waals surface area contributed by atoms with Crippen molar-refractivity contribution in [3.8, 4) is 0 Å². The maximum absolute atomic E-state index is 11.1. The first-order valence-electron chi connectivity index (χ1n) is 8.60. The quantitative estimate of drug-likeness (QED) is 0.771. The Balaban J connectivity index is 1.71. The lowest BCUT2D eigenvalue weighted by atomic mass is 10.0. The van der Waals surface area contributed by atoms with Crippen LogP contribution in [0.4, 0.5) is 11.6 Å². The van der Waals surface area contributed by atoms with E-state index in [0.717, 1.165) is 23.5 Å². The van der Waals surface area contributed by atoms with E-state index in [4.69, 9.17) is 0 Å². The SMILES string of the molecule is CC(=O)NC[C@H]1C[C@H](c2nnc(Nc3ccccc3C)n2C)C[C@H]1O. The van der Waals surface area contributed by atoms with Crippen LogP contribution in [-0.2, 0) is 11.8 Å². The second-order valence-corrected chi connectivity index (χ2v) is 6.81. The topological polar surface area (TPSA) is 92.1 Å². The minimum absolute atomic E-state index is 0.0541. The van der Waals surface area contributed by atoms with E-state index in [0.29, 0.717) is 18.9 Å². The fraction of sp³-hybridized carbons (Fsp3) is 0.500. The molecule has 1 fully saturated rings. The molecule has 0 aliphatic heterocycles. The highest BCUT2D eigenvalue weighted by Gasteiger charge is 2.36. The first kappa shape index (κ1) is 17.4. The van der Waals surface area contributed by atoms with Gasteiger partial charge in [-0.1, -0.05) is 18.2 Å². The molecule has 1 aromatic carbocycles. The molecule has 7 heteroatoms. The van der Waals surface area contributed by atoms with Gasteiger partial charge in [0, 0.05) is 38.0 Å². The Bertz CT molecular complexity index is 758. The molecule has 1 saturated carbocycles. The largest absolute Gasteiger partial charge is 0.393 e. The van der Waals surface area contributed by atoms with Gasteiger partial charge >= 0.3 is 0 Å². The van der Waals surface area contributed by atoms with Crippen LogP contribution in [0.25, 0.3) is 0 Å². The molecule has 0 radical (unpaired) electrons. The predicted molar refractivity (Wildman–Crippen MR) is 95.6 cm³/mol. The molecule has 1 amide bonds. The highest BCUT2D eigenvalue weighted by molar-refractivity contribution is 5.72. The summed E-state index contributed by atoms with van der Waals surface area (Å²) >= 11 is 0. The smallest absolute Gasteiger partial charge is 0.228 e. The van der Waals surface area contributed by atoms with E-state index in [1.807, 2.05) is 42.8 Å². The lowest BCUT2D eigenvalue weighted by Crippen LogP contribution is -2.30. The summed E-state index contributed by atoms with van der Waals surface area (Å²) in [5.41, 5.74) is 2.14. The van der Waals surface area contributed by atoms with Gasteiger partial charge in [-0.2, -0.15) is 0 Å². The number of aliphatic hydroxyl groups is 1. The first-order chi connectivity index (χ1) is 12.0. The molecular formula is C18H25N5O2. The third-order valence-electron chi connectivity index (χ3n) is 4.94. The second-order valence-electron chi connectivity index (χ2n) is 6.81. The fourth-order valence-electron chi connectivity index (χ4n) is 3.45. The molecule has 0 bridgehead atoms. The molecule has 1 aliphatic rings. The van der Waals surface area contributed by atoms with Crippen molar-refractivity contribution in [1.82, 2.24) is 20.1 Å². The van der Waals surface area contributed by atoms with E-state index in [9.17, 15) is 9.90 Å². The Kier molecular flexibility index (Phi) is 5.03. The minimum atomic E-state index is -0.429. The number of hydrogen-bond donors (Lipinski definition) is 3. The van der Waals surface area contributed by atoms with Gasteiger partial charge in [-0.3, -0.25) is 4.79 Å². The number of benzene rings is 1. The van der Waals surface area contributed by atoms with Gasteiger partial charge in [-0.05, 0) is 31.4 Å². The van der Waals surface area contributed by atoms with Crippen LogP contribution in [0.2, 0.25) is 0 Å². The van der Waals surface area contributed by atoms with Crippen molar-refractivity contribution in [2.24, 2.45) is 13.0 Å². The number of anilines is 2. The number of carbonyl (C=O) groups is 1. The van der Waals surface area contributed by atoms with Crippen molar-refractivity contribution < 1.29 is 9.90 Å². The first-order valence-corrected chi connectivity index (χ1v) is 8.60. The zero-order chi connectivity index (χ0) is 18.0. The minimum Gasteiger partial charge on any atom is -0.393 e. The molecule has 2 aromatic rings. The van der Waals surface area contributed by atoms with Crippen LogP contribution in [0.3, 0.4) is 0 Å². The molecule has 0 saturated heterocycles. The molecule has 1 heterocycles. The Hall–Kier alpha value is -2.41. The fourth-order valence-corrected chi connectivity index (χ4v) is 3.45. The van der Waals surface area contributed by atoms with Gasteiger partial charge in [0.1, 0.15) is 5.82 Å². The number of aromatic nitrogens is 3. The van der Waals surface area contributed by atoms with Crippen molar-refractivity contribution in [3.05, 3.63) is 35.7 Å². The van der Waals surface area contributed by atoms with Crippen LogP contribution in [-0.4, -0.2) is 38.4 Å². The third kappa shape index (κ3) is 3.82. The maximum atomic E-state index is 11.1. The van der Waals surface area contributed by atoms with Gasteiger partial charge in [0.15, 0.2) is 0 Å². The lowest BCUT2D eigenvalue weighted by Gasteiger charge is -2.14. The molecule has 3 atom stereocenters. The van der Waals surface area contributed by atoms with Crippen molar-refractivity contribution in [1.29, 1.82) is 0 Å². The Morgan fingerprint density at radius 2 is 2.08 bits per heavy atom. The molecule has 7 nitrogen and oxygen atoms in total. The summed E-state index contributed by atoms with van der Waals surface area (Å²) in [5, 5.41) is 25.0. The van der Waals surface area contributed by atoms with Crippen LogP contribution in [0.1, 0.15) is 37.1 Å². The molecule has 25 heavy (non-hydrogen) atoms. The molecule has 3 N–H and O–H groups in total. The third-order valence-corrected chi connectivity index (χ3v) is 4.94. The summed E-state index contributed by atoms with van der Waals surface area (Å²) in [7, 11) is 1.93. The van der Waals surface area contributed by atoms with Crippen LogP contribution < -0.4 is 10.6 Å². The van der Waals surface area contributed by atoms with E-state index in [1.165, 1.54) is 6.92 Å². The molecule has 0 unspecified atom stereocenters. The molecule has 0 spiro atoms. The summed E-state index contributed by atoms with van der Waals surface area (Å²) in [4.78, 5) is 11.1. The Morgan fingerprint density at radius 3 is 2.80 bits per heavy atom. The average Bonchev–Trinajstić information content (AvgIpc) is 3.11. The van der Waals surface area contributed by atoms with Crippen molar-refractivity contribution >= 4 is 17.5 Å². The van der Waals surface area contributed by atoms with Crippen LogP contribution >= 0.6 is 0 Å². The number of para-hydroxylation sites is 1. The average molecular weight is 343 g/mol. The van der Waals surface area contributed by atoms with Crippen molar-refractivity contribution in [2.75, 3.05) is 11.9 Å². The van der Waals surface area contributed by atoms with Crippen LogP contribution in [0.5, 0.6) is 0 Å². The molecule has 1 aliphatic carbocycles. The zero-order valence-corrected chi connectivity index (χ0v) is 14.9. The zero-order valence-electron chi connectivity index (χ0n) is 14.9. The van der Waals surface area contributed by atoms with E-state index in [-0.39, 0.29) is 17.7 Å². The normalized spacial score (nSPS) is 22.8. The number of aliphatic hydroxyl groups excluding tert-OH is 1. The summed E-state index contributed by atoms with van der Waals surface area (Å²) in [6, 6.07) is 8.02.